The van der Waals surface area contributed by atoms with Gasteiger partial charge in [0.1, 0.15) is 29.2 Å². The lowest BCUT2D eigenvalue weighted by Gasteiger charge is -2.38. The molecule has 3 N–H and O–H groups in total. The largest absolute Gasteiger partial charge is 0.493 e. The van der Waals surface area contributed by atoms with E-state index in [1.54, 1.807) is 58.4 Å². The van der Waals surface area contributed by atoms with Gasteiger partial charge in [-0.15, -0.1) is 0 Å². The van der Waals surface area contributed by atoms with E-state index in [9.17, 15) is 47.9 Å². The van der Waals surface area contributed by atoms with Gasteiger partial charge in [-0.1, -0.05) is 51.5 Å². The van der Waals surface area contributed by atoms with E-state index < -0.39 is 76.9 Å². The van der Waals surface area contributed by atoms with Crippen LogP contribution >= 0.6 is 0 Å². The first-order valence-corrected chi connectivity index (χ1v) is 25.3. The molecule has 0 radical (unpaired) electrons. The predicted molar refractivity (Wildman–Crippen MR) is 269 cm³/mol. The average Bonchev–Trinajstić information content (AvgIpc) is 3.66. The summed E-state index contributed by atoms with van der Waals surface area (Å²) in [5.74, 6) is -4.41. The van der Waals surface area contributed by atoms with Crippen LogP contribution in [0.4, 0.5) is 5.69 Å². The molecule has 3 heterocycles. The minimum atomic E-state index is -1.57. The number of carbonyl (C=O) groups is 10. The van der Waals surface area contributed by atoms with Gasteiger partial charge < -0.3 is 34.5 Å². The highest BCUT2D eigenvalue weighted by atomic mass is 16.5. The van der Waals surface area contributed by atoms with Crippen molar-refractivity contribution in [1.29, 1.82) is 0 Å². The number of methoxy groups -OCH3 is 2. The maximum absolute atomic E-state index is 14.1. The van der Waals surface area contributed by atoms with Crippen LogP contribution in [0.25, 0.3) is 0 Å². The molecule has 3 aromatic carbocycles. The summed E-state index contributed by atoms with van der Waals surface area (Å²) in [5.41, 5.74) is -0.587. The van der Waals surface area contributed by atoms with Crippen molar-refractivity contribution in [1.82, 2.24) is 20.4 Å². The number of rotatable bonds is 25. The van der Waals surface area contributed by atoms with E-state index in [0.717, 1.165) is 10.5 Å². The SMILES string of the molecule is CCC(C)(C)C(=O)C(=O)N1CCCC[C@H]1C(=O)O[C@H](CCc1ccc(OC)c(OC)c1)c1cccc(NC(=O)CCC(=O)CCCCCNC(=O)COc2cccc3c2C(=O)N(C2(C)CCC(=O)NC2=O)C3=O)c1. The maximum Gasteiger partial charge on any atom is 0.329 e. The number of Topliss-reactive ketones (excluding diaryl/α,β-unsaturated/α-hetero) is 2. The fourth-order valence-corrected chi connectivity index (χ4v) is 9.14. The molecule has 19 nitrogen and oxygen atoms in total. The standard InChI is InChI=1S/C55H67N5O14/c1-7-54(2,3)48(65)51(68)59-30-12-10-19-39(59)52(69)74-40(24-21-34-22-25-41(71-5)43(31-34)72-6)35-15-13-16-36(32-35)57-44(62)26-23-37(61)17-9-8-11-29-56-46(64)33-73-42-20-14-18-38-47(42)50(67)60(49(38)66)55(4)28-27-45(63)58-53(55)70/h13-16,18,20,22,25,31-32,39-40H,7-12,17,19,21,23-24,26-30,33H2,1-6H3,(H,56,64)(H,57,62)(H,58,63,70)/t39-,40+,55?/m0/s1. The molecule has 396 valence electrons. The second-order valence-electron chi connectivity index (χ2n) is 19.7. The first kappa shape index (κ1) is 55.9. The fraction of sp³-hybridized carbons (Fsp3) is 0.491. The summed E-state index contributed by atoms with van der Waals surface area (Å²) in [7, 11) is 3.09. The first-order chi connectivity index (χ1) is 35.3. The minimum absolute atomic E-state index is 0.00501. The molecule has 3 aliphatic rings. The molecular weight excluding hydrogens is 955 g/mol. The van der Waals surface area contributed by atoms with E-state index in [2.05, 4.69) is 16.0 Å². The molecule has 7 amide bonds. The van der Waals surface area contributed by atoms with Gasteiger partial charge in [-0.25, -0.2) is 4.79 Å². The molecule has 3 atom stereocenters. The van der Waals surface area contributed by atoms with Crippen molar-refractivity contribution in [2.45, 2.75) is 135 Å². The van der Waals surface area contributed by atoms with Crippen LogP contribution in [0.5, 0.6) is 17.2 Å². The number of benzene rings is 3. The Hall–Kier alpha value is -7.44. The molecule has 0 bridgehead atoms. The van der Waals surface area contributed by atoms with Crippen LogP contribution in [0.3, 0.4) is 0 Å². The van der Waals surface area contributed by atoms with Crippen molar-refractivity contribution in [2.24, 2.45) is 5.41 Å². The lowest BCUT2D eigenvalue weighted by atomic mass is 9.84. The lowest BCUT2D eigenvalue weighted by Crippen LogP contribution is -2.62. The van der Waals surface area contributed by atoms with Crippen molar-refractivity contribution >= 4 is 64.6 Å². The second-order valence-corrected chi connectivity index (χ2v) is 19.7. The molecule has 2 saturated heterocycles. The van der Waals surface area contributed by atoms with Gasteiger partial charge in [-0.2, -0.15) is 0 Å². The van der Waals surface area contributed by atoms with Crippen LogP contribution in [-0.2, 0) is 49.5 Å². The van der Waals surface area contributed by atoms with Gasteiger partial charge in [0.25, 0.3) is 29.5 Å². The number of anilines is 1. The number of piperidine rings is 2. The second kappa shape index (κ2) is 25.0. The van der Waals surface area contributed by atoms with E-state index in [0.29, 0.717) is 80.5 Å². The fourth-order valence-electron chi connectivity index (χ4n) is 9.14. The van der Waals surface area contributed by atoms with E-state index in [-0.39, 0.29) is 73.8 Å². The molecule has 0 aliphatic carbocycles. The Kier molecular flexibility index (Phi) is 18.9. The molecule has 1 unspecified atom stereocenters. The third-order valence-electron chi connectivity index (χ3n) is 14.1. The van der Waals surface area contributed by atoms with Crippen molar-refractivity contribution in [2.75, 3.05) is 39.2 Å². The van der Waals surface area contributed by atoms with E-state index >= 15 is 0 Å². The Morgan fingerprint density at radius 1 is 0.838 bits per heavy atom. The summed E-state index contributed by atoms with van der Waals surface area (Å²) in [4.78, 5) is 133. The molecular formula is C55H67N5O14. The van der Waals surface area contributed by atoms with Gasteiger partial charge in [-0.05, 0) is 112 Å². The maximum atomic E-state index is 14.1. The zero-order valence-electron chi connectivity index (χ0n) is 43.1. The van der Waals surface area contributed by atoms with Crippen LogP contribution in [0.1, 0.15) is 149 Å². The molecule has 0 spiro atoms. The number of amides is 7. The number of ether oxygens (including phenoxy) is 4. The van der Waals surface area contributed by atoms with Crippen molar-refractivity contribution in [3.63, 3.8) is 0 Å². The number of hydrogen-bond acceptors (Lipinski definition) is 14. The summed E-state index contributed by atoms with van der Waals surface area (Å²) in [6, 6.07) is 15.9. The third-order valence-corrected chi connectivity index (χ3v) is 14.1. The number of hydrogen-bond donors (Lipinski definition) is 3. The monoisotopic (exact) mass is 1020 g/mol. The van der Waals surface area contributed by atoms with Gasteiger partial charge in [0, 0.05) is 49.9 Å². The van der Waals surface area contributed by atoms with Gasteiger partial charge in [0.15, 0.2) is 18.1 Å². The number of likely N-dealkylation sites (tertiary alicyclic amines) is 1. The van der Waals surface area contributed by atoms with Crippen LogP contribution in [-0.4, -0.2) is 114 Å². The lowest BCUT2D eigenvalue weighted by molar-refractivity contribution is -0.164. The van der Waals surface area contributed by atoms with E-state index in [1.807, 2.05) is 19.1 Å². The molecule has 2 fully saturated rings. The third kappa shape index (κ3) is 13.4. The van der Waals surface area contributed by atoms with Crippen LogP contribution in [0.15, 0.2) is 60.7 Å². The quantitative estimate of drug-likeness (QED) is 0.0373. The van der Waals surface area contributed by atoms with E-state index in [4.69, 9.17) is 18.9 Å². The highest BCUT2D eigenvalue weighted by Gasteiger charge is 2.53. The smallest absolute Gasteiger partial charge is 0.329 e. The summed E-state index contributed by atoms with van der Waals surface area (Å²) in [6.45, 7) is 6.80. The number of imide groups is 2. The number of nitrogens with one attached hydrogen (secondary N) is 3. The Bertz CT molecular complexity index is 2660. The van der Waals surface area contributed by atoms with Crippen LogP contribution in [0, 0.1) is 5.41 Å². The molecule has 3 aromatic rings. The number of carbonyl (C=O) groups excluding carboxylic acids is 10. The molecule has 74 heavy (non-hydrogen) atoms. The molecule has 0 saturated carbocycles. The van der Waals surface area contributed by atoms with Crippen LogP contribution < -0.4 is 30.2 Å². The predicted octanol–water partition coefficient (Wildman–Crippen LogP) is 6.14. The summed E-state index contributed by atoms with van der Waals surface area (Å²) < 4.78 is 22.8. The number of unbranched alkanes of at least 4 members (excludes halogenated alkanes) is 2. The highest BCUT2D eigenvalue weighted by molar-refractivity contribution is 6.38. The number of esters is 1. The van der Waals surface area contributed by atoms with Gasteiger partial charge in [-0.3, -0.25) is 53.4 Å². The average molecular weight is 1020 g/mol. The molecule has 0 aromatic heterocycles. The number of nitrogens with zero attached hydrogens (tertiary/aromatic N) is 2. The van der Waals surface area contributed by atoms with Crippen molar-refractivity contribution < 1.29 is 66.9 Å². The zero-order valence-corrected chi connectivity index (χ0v) is 43.1. The first-order valence-electron chi connectivity index (χ1n) is 25.3. The van der Waals surface area contributed by atoms with Gasteiger partial charge in [0.05, 0.1) is 25.3 Å². The Labute approximate surface area is 430 Å². The number of fused-ring (bicyclic) bond motifs is 1. The van der Waals surface area contributed by atoms with Crippen LogP contribution in [0.2, 0.25) is 0 Å². The summed E-state index contributed by atoms with van der Waals surface area (Å²) in [5, 5.41) is 7.78. The highest BCUT2D eigenvalue weighted by Crippen LogP contribution is 2.38. The topological polar surface area (TPSA) is 250 Å². The molecule has 6 rings (SSSR count). The Morgan fingerprint density at radius 3 is 2.32 bits per heavy atom. The zero-order chi connectivity index (χ0) is 53.7. The Morgan fingerprint density at radius 2 is 1.59 bits per heavy atom. The summed E-state index contributed by atoms with van der Waals surface area (Å²) >= 11 is 0. The molecule has 3 aliphatic heterocycles. The summed E-state index contributed by atoms with van der Waals surface area (Å²) in [6.07, 6.45) is 3.95. The molecule has 19 heteroatoms. The minimum Gasteiger partial charge on any atom is -0.493 e. The number of aryl methyl sites for hydroxylation is 1. The number of ketones is 2. The normalized spacial score (nSPS) is 17.9. The van der Waals surface area contributed by atoms with E-state index in [1.165, 1.54) is 30.0 Å². The van der Waals surface area contributed by atoms with Gasteiger partial charge in [0.2, 0.25) is 17.6 Å². The Balaban J connectivity index is 0.961. The van der Waals surface area contributed by atoms with Crippen molar-refractivity contribution in [3.05, 3.63) is 82.9 Å². The van der Waals surface area contributed by atoms with Crippen molar-refractivity contribution in [3.8, 4) is 17.2 Å². The van der Waals surface area contributed by atoms with Gasteiger partial charge >= 0.3 is 5.97 Å².